The molecule has 1 fully saturated rings. The van der Waals surface area contributed by atoms with Gasteiger partial charge >= 0.3 is 0 Å². The van der Waals surface area contributed by atoms with Crippen LogP contribution in [0.5, 0.6) is 0 Å². The van der Waals surface area contributed by atoms with Crippen LogP contribution in [0.1, 0.15) is 22.5 Å². The number of carbonyl (C=O) groups excluding carboxylic acids is 1. The second-order valence-electron chi connectivity index (χ2n) is 5.97. The molecule has 7 heteroatoms. The van der Waals surface area contributed by atoms with Crippen molar-refractivity contribution in [1.82, 2.24) is 20.4 Å². The van der Waals surface area contributed by atoms with E-state index in [2.05, 4.69) is 37.2 Å². The highest BCUT2D eigenvalue weighted by Gasteiger charge is 2.25. The first-order valence-electron chi connectivity index (χ1n) is 7.91. The van der Waals surface area contributed by atoms with Crippen LogP contribution in [-0.2, 0) is 6.54 Å². The molecule has 0 aliphatic carbocycles. The van der Waals surface area contributed by atoms with Gasteiger partial charge in [-0.05, 0) is 40.9 Å². The van der Waals surface area contributed by atoms with Gasteiger partial charge in [-0.25, -0.2) is 0 Å². The molecule has 0 bridgehead atoms. The first-order chi connectivity index (χ1) is 11.8. The zero-order chi connectivity index (χ0) is 16.4. The zero-order valence-electron chi connectivity index (χ0n) is 13.1. The fraction of sp³-hybridized carbons (Fsp3) is 0.294. The number of hydrogen-bond donors (Lipinski definition) is 2. The van der Waals surface area contributed by atoms with E-state index in [-0.39, 0.29) is 11.9 Å². The third kappa shape index (κ3) is 3.27. The SMILES string of the molecule is O=C(NC1CCN(Cc2ccsc2)C1)c1cc(-c2ccco2)[nH]n1. The zero-order valence-corrected chi connectivity index (χ0v) is 13.9. The number of aromatic nitrogens is 2. The van der Waals surface area contributed by atoms with Gasteiger partial charge in [0.1, 0.15) is 5.69 Å². The molecule has 0 aromatic carbocycles. The van der Waals surface area contributed by atoms with E-state index in [0.29, 0.717) is 17.1 Å². The first-order valence-corrected chi connectivity index (χ1v) is 8.86. The molecule has 2 N–H and O–H groups in total. The van der Waals surface area contributed by atoms with E-state index in [1.54, 1.807) is 29.7 Å². The Balaban J connectivity index is 1.33. The third-order valence-electron chi connectivity index (χ3n) is 4.19. The average Bonchev–Trinajstić information content (AvgIpc) is 3.36. The molecule has 1 aliphatic rings. The molecule has 124 valence electrons. The van der Waals surface area contributed by atoms with Crippen LogP contribution in [0.25, 0.3) is 11.5 Å². The molecule has 6 nitrogen and oxygen atoms in total. The van der Waals surface area contributed by atoms with Crippen LogP contribution in [0.3, 0.4) is 0 Å². The summed E-state index contributed by atoms with van der Waals surface area (Å²) in [6, 6.07) is 7.66. The molecule has 0 spiro atoms. The number of likely N-dealkylation sites (tertiary alicyclic amines) is 1. The summed E-state index contributed by atoms with van der Waals surface area (Å²) in [5.41, 5.74) is 2.43. The number of carbonyl (C=O) groups is 1. The molecule has 4 rings (SSSR count). The quantitative estimate of drug-likeness (QED) is 0.748. The lowest BCUT2D eigenvalue weighted by molar-refractivity contribution is 0.0932. The van der Waals surface area contributed by atoms with Crippen LogP contribution in [0.2, 0.25) is 0 Å². The Morgan fingerprint density at radius 1 is 1.50 bits per heavy atom. The van der Waals surface area contributed by atoms with Crippen molar-refractivity contribution >= 4 is 17.2 Å². The van der Waals surface area contributed by atoms with Gasteiger partial charge in [-0.1, -0.05) is 0 Å². The van der Waals surface area contributed by atoms with Crippen molar-refractivity contribution in [1.29, 1.82) is 0 Å². The lowest BCUT2D eigenvalue weighted by Crippen LogP contribution is -2.37. The Kier molecular flexibility index (Phi) is 4.18. The van der Waals surface area contributed by atoms with E-state index in [9.17, 15) is 4.79 Å². The van der Waals surface area contributed by atoms with Crippen LogP contribution in [0.4, 0.5) is 0 Å². The van der Waals surface area contributed by atoms with Crippen molar-refractivity contribution in [3.8, 4) is 11.5 Å². The second-order valence-corrected chi connectivity index (χ2v) is 6.75. The Morgan fingerprint density at radius 2 is 2.46 bits per heavy atom. The Bertz CT molecular complexity index is 795. The normalized spacial score (nSPS) is 18.1. The number of nitrogens with zero attached hydrogens (tertiary/aromatic N) is 2. The Hall–Kier alpha value is -2.38. The number of H-pyrrole nitrogens is 1. The monoisotopic (exact) mass is 342 g/mol. The standard InChI is InChI=1S/C17H18N4O2S/c22-17(15-8-14(19-20-15)16-2-1-6-23-16)18-13-3-5-21(10-13)9-12-4-7-24-11-12/h1-2,4,6-8,11,13H,3,5,9-10H2,(H,18,22)(H,19,20). The molecule has 1 amide bonds. The Morgan fingerprint density at radius 3 is 3.25 bits per heavy atom. The summed E-state index contributed by atoms with van der Waals surface area (Å²) in [6.45, 7) is 2.82. The molecule has 1 atom stereocenters. The fourth-order valence-corrected chi connectivity index (χ4v) is 3.65. The minimum Gasteiger partial charge on any atom is -0.463 e. The molecular weight excluding hydrogens is 324 g/mol. The highest BCUT2D eigenvalue weighted by atomic mass is 32.1. The van der Waals surface area contributed by atoms with Gasteiger partial charge in [0, 0.05) is 31.7 Å². The van der Waals surface area contributed by atoms with Crippen molar-refractivity contribution in [2.45, 2.75) is 19.0 Å². The second kappa shape index (κ2) is 6.62. The Labute approximate surface area is 143 Å². The van der Waals surface area contributed by atoms with Crippen LogP contribution < -0.4 is 5.32 Å². The number of furan rings is 1. The highest BCUT2D eigenvalue weighted by Crippen LogP contribution is 2.19. The van der Waals surface area contributed by atoms with Gasteiger partial charge in [-0.3, -0.25) is 14.8 Å². The molecule has 3 aromatic rings. The largest absolute Gasteiger partial charge is 0.463 e. The van der Waals surface area contributed by atoms with E-state index in [0.717, 1.165) is 26.1 Å². The predicted octanol–water partition coefficient (Wildman–Crippen LogP) is 2.74. The number of aromatic amines is 1. The number of rotatable bonds is 5. The molecule has 4 heterocycles. The van der Waals surface area contributed by atoms with Crippen LogP contribution in [0, 0.1) is 0 Å². The summed E-state index contributed by atoms with van der Waals surface area (Å²) >= 11 is 1.72. The number of hydrogen-bond acceptors (Lipinski definition) is 5. The van der Waals surface area contributed by atoms with Crippen molar-refractivity contribution in [3.05, 3.63) is 52.5 Å². The fourth-order valence-electron chi connectivity index (χ4n) is 2.99. The van der Waals surface area contributed by atoms with Crippen molar-refractivity contribution in [2.75, 3.05) is 13.1 Å². The molecule has 3 aromatic heterocycles. The van der Waals surface area contributed by atoms with Crippen LogP contribution in [-0.4, -0.2) is 40.1 Å². The summed E-state index contributed by atoms with van der Waals surface area (Å²) in [4.78, 5) is 14.7. The summed E-state index contributed by atoms with van der Waals surface area (Å²) < 4.78 is 5.30. The van der Waals surface area contributed by atoms with Gasteiger partial charge in [-0.2, -0.15) is 16.4 Å². The summed E-state index contributed by atoms with van der Waals surface area (Å²) in [5, 5.41) is 14.3. The minimum atomic E-state index is -0.147. The maximum absolute atomic E-state index is 12.4. The van der Waals surface area contributed by atoms with Crippen LogP contribution in [0.15, 0.2) is 45.7 Å². The maximum atomic E-state index is 12.4. The van der Waals surface area contributed by atoms with E-state index in [1.807, 2.05) is 6.07 Å². The van der Waals surface area contributed by atoms with E-state index >= 15 is 0 Å². The lowest BCUT2D eigenvalue weighted by Gasteiger charge is -2.15. The molecule has 0 saturated carbocycles. The number of nitrogens with one attached hydrogen (secondary N) is 2. The molecular formula is C17H18N4O2S. The molecule has 0 radical (unpaired) electrons. The van der Waals surface area contributed by atoms with Gasteiger partial charge in [-0.15, -0.1) is 0 Å². The average molecular weight is 342 g/mol. The van der Waals surface area contributed by atoms with Gasteiger partial charge in [0.25, 0.3) is 5.91 Å². The van der Waals surface area contributed by atoms with Gasteiger partial charge in [0.05, 0.1) is 6.26 Å². The van der Waals surface area contributed by atoms with E-state index in [1.165, 1.54) is 5.56 Å². The summed E-state index contributed by atoms with van der Waals surface area (Å²) in [6.07, 6.45) is 2.56. The van der Waals surface area contributed by atoms with Gasteiger partial charge < -0.3 is 9.73 Å². The lowest BCUT2D eigenvalue weighted by atomic mass is 10.2. The number of thiophene rings is 1. The molecule has 24 heavy (non-hydrogen) atoms. The molecule has 1 unspecified atom stereocenters. The van der Waals surface area contributed by atoms with Gasteiger partial charge in [0.2, 0.25) is 0 Å². The molecule has 1 aliphatic heterocycles. The van der Waals surface area contributed by atoms with Crippen molar-refractivity contribution in [2.24, 2.45) is 0 Å². The molecule has 1 saturated heterocycles. The third-order valence-corrected chi connectivity index (χ3v) is 4.92. The van der Waals surface area contributed by atoms with Crippen LogP contribution >= 0.6 is 11.3 Å². The van der Waals surface area contributed by atoms with E-state index < -0.39 is 0 Å². The van der Waals surface area contributed by atoms with E-state index in [4.69, 9.17) is 4.42 Å². The topological polar surface area (TPSA) is 74.2 Å². The van der Waals surface area contributed by atoms with Crippen molar-refractivity contribution in [3.63, 3.8) is 0 Å². The minimum absolute atomic E-state index is 0.147. The summed E-state index contributed by atoms with van der Waals surface area (Å²) in [5.74, 6) is 0.524. The summed E-state index contributed by atoms with van der Waals surface area (Å²) in [7, 11) is 0. The van der Waals surface area contributed by atoms with Gasteiger partial charge in [0.15, 0.2) is 11.5 Å². The van der Waals surface area contributed by atoms with Crippen molar-refractivity contribution < 1.29 is 9.21 Å². The predicted molar refractivity (Wildman–Crippen MR) is 91.8 cm³/mol. The maximum Gasteiger partial charge on any atom is 0.272 e. The smallest absolute Gasteiger partial charge is 0.272 e. The number of amides is 1. The highest BCUT2D eigenvalue weighted by molar-refractivity contribution is 7.07. The first kappa shape index (κ1) is 15.2.